The van der Waals surface area contributed by atoms with Crippen molar-refractivity contribution < 1.29 is 14.3 Å². The van der Waals surface area contributed by atoms with E-state index in [1.807, 2.05) is 34.8 Å². The first kappa shape index (κ1) is 15.2. The molecule has 4 rings (SSSR count). The van der Waals surface area contributed by atoms with Crippen molar-refractivity contribution in [2.24, 2.45) is 7.05 Å². The third-order valence-corrected chi connectivity index (χ3v) is 5.33. The first-order valence-corrected chi connectivity index (χ1v) is 8.60. The summed E-state index contributed by atoms with van der Waals surface area (Å²) in [5, 5.41) is 0. The van der Waals surface area contributed by atoms with E-state index in [1.54, 1.807) is 0 Å². The zero-order chi connectivity index (χ0) is 15.8. The van der Waals surface area contributed by atoms with Crippen LogP contribution in [0.3, 0.4) is 0 Å². The molecule has 4 heterocycles. The van der Waals surface area contributed by atoms with Crippen molar-refractivity contribution in [2.75, 3.05) is 39.4 Å². The summed E-state index contributed by atoms with van der Waals surface area (Å²) in [7, 11) is 1.91. The predicted octanol–water partition coefficient (Wildman–Crippen LogP) is 0.729. The molecule has 6 nitrogen and oxygen atoms in total. The van der Waals surface area contributed by atoms with Crippen LogP contribution in [0, 0.1) is 0 Å². The standard InChI is InChI=1S/C17H25N3O3/c1-18-6-2-5-14(18)17(21)20-11-15-16(12-20)23-9-7-19(15)10-13-4-3-8-22-13/h2,5-6,13,15-16H,3-4,7-12H2,1H3/t13?,15-,16+/m1/s1. The Morgan fingerprint density at radius 2 is 2.22 bits per heavy atom. The van der Waals surface area contributed by atoms with E-state index in [4.69, 9.17) is 9.47 Å². The molecule has 1 amide bonds. The van der Waals surface area contributed by atoms with Gasteiger partial charge in [-0.25, -0.2) is 0 Å². The van der Waals surface area contributed by atoms with Crippen molar-refractivity contribution in [3.8, 4) is 0 Å². The number of aromatic nitrogens is 1. The largest absolute Gasteiger partial charge is 0.377 e. The van der Waals surface area contributed by atoms with Crippen molar-refractivity contribution in [3.63, 3.8) is 0 Å². The average Bonchev–Trinajstić information content (AvgIpc) is 3.26. The molecule has 3 atom stereocenters. The zero-order valence-electron chi connectivity index (χ0n) is 13.7. The molecule has 0 bridgehead atoms. The molecule has 1 aromatic heterocycles. The summed E-state index contributed by atoms with van der Waals surface area (Å²) >= 11 is 0. The molecule has 0 aromatic carbocycles. The number of hydrogen-bond acceptors (Lipinski definition) is 4. The summed E-state index contributed by atoms with van der Waals surface area (Å²) in [4.78, 5) is 17.1. The Labute approximate surface area is 136 Å². The quantitative estimate of drug-likeness (QED) is 0.824. The molecule has 0 spiro atoms. The summed E-state index contributed by atoms with van der Waals surface area (Å²) in [6, 6.07) is 4.10. The van der Waals surface area contributed by atoms with E-state index in [0.717, 1.165) is 45.0 Å². The zero-order valence-corrected chi connectivity index (χ0v) is 13.7. The number of carbonyl (C=O) groups excluding carboxylic acids is 1. The van der Waals surface area contributed by atoms with E-state index < -0.39 is 0 Å². The molecule has 126 valence electrons. The smallest absolute Gasteiger partial charge is 0.270 e. The van der Waals surface area contributed by atoms with Crippen molar-refractivity contribution in [3.05, 3.63) is 24.0 Å². The first-order valence-electron chi connectivity index (χ1n) is 8.60. The van der Waals surface area contributed by atoms with Crippen LogP contribution < -0.4 is 0 Å². The van der Waals surface area contributed by atoms with Gasteiger partial charge in [0.05, 0.1) is 24.9 Å². The minimum Gasteiger partial charge on any atom is -0.377 e. The van der Waals surface area contributed by atoms with Gasteiger partial charge in [0.2, 0.25) is 0 Å². The molecule has 1 aromatic rings. The number of amides is 1. The number of fused-ring (bicyclic) bond motifs is 1. The van der Waals surface area contributed by atoms with Gasteiger partial charge in [0.25, 0.3) is 5.91 Å². The van der Waals surface area contributed by atoms with Crippen molar-refractivity contribution in [2.45, 2.75) is 31.1 Å². The van der Waals surface area contributed by atoms with Gasteiger partial charge in [-0.3, -0.25) is 9.69 Å². The number of likely N-dealkylation sites (tertiary alicyclic amines) is 1. The van der Waals surface area contributed by atoms with E-state index in [2.05, 4.69) is 4.90 Å². The van der Waals surface area contributed by atoms with E-state index in [0.29, 0.717) is 18.7 Å². The van der Waals surface area contributed by atoms with Crippen LogP contribution in [0.4, 0.5) is 0 Å². The lowest BCUT2D eigenvalue weighted by atomic mass is 10.1. The number of carbonyl (C=O) groups is 1. The van der Waals surface area contributed by atoms with Gasteiger partial charge in [0.1, 0.15) is 5.69 Å². The molecule has 6 heteroatoms. The maximum absolute atomic E-state index is 12.7. The summed E-state index contributed by atoms with van der Waals surface area (Å²) in [5.41, 5.74) is 0.745. The fraction of sp³-hybridized carbons (Fsp3) is 0.706. The number of rotatable bonds is 3. The number of hydrogen-bond donors (Lipinski definition) is 0. The lowest BCUT2D eigenvalue weighted by molar-refractivity contribution is -0.0614. The maximum atomic E-state index is 12.7. The van der Waals surface area contributed by atoms with E-state index in [9.17, 15) is 4.79 Å². The van der Waals surface area contributed by atoms with Gasteiger partial charge >= 0.3 is 0 Å². The van der Waals surface area contributed by atoms with E-state index in [-0.39, 0.29) is 12.0 Å². The second kappa shape index (κ2) is 6.26. The molecule has 0 radical (unpaired) electrons. The van der Waals surface area contributed by atoms with Crippen LogP contribution in [0.5, 0.6) is 0 Å². The van der Waals surface area contributed by atoms with Gasteiger partial charge in [0, 0.05) is 46.0 Å². The number of ether oxygens (including phenoxy) is 2. The van der Waals surface area contributed by atoms with Crippen molar-refractivity contribution >= 4 is 5.91 Å². The molecule has 1 unspecified atom stereocenters. The molecular formula is C17H25N3O3. The SMILES string of the molecule is Cn1cccc1C(=O)N1C[C@@H]2OCCN(CC3CCCO3)[C@@H]2C1. The van der Waals surface area contributed by atoms with Gasteiger partial charge in [-0.05, 0) is 25.0 Å². The molecule has 23 heavy (non-hydrogen) atoms. The van der Waals surface area contributed by atoms with Gasteiger partial charge in [-0.2, -0.15) is 0 Å². The number of aryl methyl sites for hydroxylation is 1. The highest BCUT2D eigenvalue weighted by molar-refractivity contribution is 5.93. The molecule has 0 aliphatic carbocycles. The molecule has 3 aliphatic heterocycles. The summed E-state index contributed by atoms with van der Waals surface area (Å²) in [6.07, 6.45) is 4.72. The molecule has 0 saturated carbocycles. The highest BCUT2D eigenvalue weighted by Crippen LogP contribution is 2.26. The van der Waals surface area contributed by atoms with E-state index in [1.165, 1.54) is 6.42 Å². The Morgan fingerprint density at radius 1 is 1.30 bits per heavy atom. The van der Waals surface area contributed by atoms with Crippen molar-refractivity contribution in [1.82, 2.24) is 14.4 Å². The van der Waals surface area contributed by atoms with Crippen LogP contribution in [-0.4, -0.2) is 77.9 Å². The van der Waals surface area contributed by atoms with Crippen LogP contribution in [-0.2, 0) is 16.5 Å². The maximum Gasteiger partial charge on any atom is 0.270 e. The molecular weight excluding hydrogens is 294 g/mol. The Hall–Kier alpha value is -1.37. The Morgan fingerprint density at radius 3 is 2.96 bits per heavy atom. The third-order valence-electron chi connectivity index (χ3n) is 5.33. The van der Waals surface area contributed by atoms with Crippen LogP contribution in [0.15, 0.2) is 18.3 Å². The first-order chi connectivity index (χ1) is 11.2. The van der Waals surface area contributed by atoms with E-state index >= 15 is 0 Å². The lowest BCUT2D eigenvalue weighted by Gasteiger charge is -2.37. The molecule has 0 N–H and O–H groups in total. The van der Waals surface area contributed by atoms with Crippen molar-refractivity contribution in [1.29, 1.82) is 0 Å². The second-order valence-corrected chi connectivity index (χ2v) is 6.82. The fourth-order valence-electron chi connectivity index (χ4n) is 4.05. The van der Waals surface area contributed by atoms with Gasteiger partial charge in [0.15, 0.2) is 0 Å². The fourth-order valence-corrected chi connectivity index (χ4v) is 4.05. The van der Waals surface area contributed by atoms with Crippen LogP contribution >= 0.6 is 0 Å². The summed E-state index contributed by atoms with van der Waals surface area (Å²) in [6.45, 7) is 4.99. The van der Waals surface area contributed by atoms with Crippen LogP contribution in [0.1, 0.15) is 23.3 Å². The Bertz CT molecular complexity index is 567. The van der Waals surface area contributed by atoms with Crippen LogP contribution in [0.25, 0.3) is 0 Å². The highest BCUT2D eigenvalue weighted by Gasteiger charge is 2.42. The Kier molecular flexibility index (Phi) is 4.13. The number of morpholine rings is 1. The lowest BCUT2D eigenvalue weighted by Crippen LogP contribution is -2.52. The summed E-state index contributed by atoms with van der Waals surface area (Å²) < 4.78 is 13.6. The third kappa shape index (κ3) is 2.91. The normalized spacial score (nSPS) is 31.5. The minimum atomic E-state index is 0.104. The van der Waals surface area contributed by atoms with Gasteiger partial charge in [-0.15, -0.1) is 0 Å². The second-order valence-electron chi connectivity index (χ2n) is 6.82. The molecule has 3 saturated heterocycles. The Balaban J connectivity index is 1.44. The number of nitrogens with zero attached hydrogens (tertiary/aromatic N) is 3. The van der Waals surface area contributed by atoms with Crippen LogP contribution in [0.2, 0.25) is 0 Å². The topological polar surface area (TPSA) is 46.9 Å². The van der Waals surface area contributed by atoms with Gasteiger partial charge < -0.3 is 18.9 Å². The molecule has 3 fully saturated rings. The minimum absolute atomic E-state index is 0.104. The average molecular weight is 319 g/mol. The summed E-state index contributed by atoms with van der Waals surface area (Å²) in [5.74, 6) is 0.104. The molecule has 3 aliphatic rings. The predicted molar refractivity (Wildman–Crippen MR) is 85.4 cm³/mol. The monoisotopic (exact) mass is 319 g/mol. The van der Waals surface area contributed by atoms with Gasteiger partial charge in [-0.1, -0.05) is 0 Å². The highest BCUT2D eigenvalue weighted by atomic mass is 16.5.